The van der Waals surface area contributed by atoms with E-state index < -0.39 is 0 Å². The van der Waals surface area contributed by atoms with Gasteiger partial charge in [0.25, 0.3) is 0 Å². The van der Waals surface area contributed by atoms with Gasteiger partial charge in [-0.25, -0.2) is 9.50 Å². The number of fused-ring (bicyclic) bond motifs is 2. The summed E-state index contributed by atoms with van der Waals surface area (Å²) in [4.78, 5) is 7.88. The summed E-state index contributed by atoms with van der Waals surface area (Å²) in [5.41, 5.74) is 1.78. The van der Waals surface area contributed by atoms with Gasteiger partial charge >= 0.3 is 0 Å². The Kier molecular flexibility index (Phi) is 5.19. The molecule has 1 N–H and O–H groups in total. The molecule has 0 aliphatic heterocycles. The van der Waals surface area contributed by atoms with Crippen molar-refractivity contribution in [3.05, 3.63) is 36.5 Å². The van der Waals surface area contributed by atoms with E-state index in [0.29, 0.717) is 6.04 Å². The molecule has 0 spiro atoms. The quantitative estimate of drug-likeness (QED) is 0.499. The predicted octanol–water partition coefficient (Wildman–Crippen LogP) is 4.37. The van der Waals surface area contributed by atoms with Gasteiger partial charge < -0.3 is 19.5 Å². The van der Waals surface area contributed by atoms with Crippen molar-refractivity contribution in [3.63, 3.8) is 0 Å². The molecule has 7 nitrogen and oxygen atoms in total. The number of aliphatic hydroxyl groups is 1. The lowest BCUT2D eigenvalue weighted by Crippen LogP contribution is -2.37. The number of nitrogens with zero attached hydrogens (tertiary/aromatic N) is 4. The Morgan fingerprint density at radius 2 is 1.81 bits per heavy atom. The molecule has 1 aromatic carbocycles. The van der Waals surface area contributed by atoms with Crippen LogP contribution in [0, 0.1) is 0 Å². The number of benzene rings is 1. The maximum Gasteiger partial charge on any atom is 0.162 e. The highest BCUT2D eigenvalue weighted by atomic mass is 32.1. The third-order valence-corrected chi connectivity index (χ3v) is 7.32. The van der Waals surface area contributed by atoms with E-state index >= 15 is 0 Å². The molecule has 4 aromatic rings. The topological polar surface area (TPSA) is 72.1 Å². The summed E-state index contributed by atoms with van der Waals surface area (Å²) < 4.78 is 13.9. The van der Waals surface area contributed by atoms with Crippen molar-refractivity contribution in [3.8, 4) is 22.1 Å². The summed E-state index contributed by atoms with van der Waals surface area (Å²) in [7, 11) is 5.39. The van der Waals surface area contributed by atoms with E-state index in [1.54, 1.807) is 25.6 Å². The maximum atomic E-state index is 9.82. The summed E-state index contributed by atoms with van der Waals surface area (Å²) in [5.74, 6) is 2.36. The van der Waals surface area contributed by atoms with Gasteiger partial charge in [0.1, 0.15) is 11.5 Å². The van der Waals surface area contributed by atoms with Crippen LogP contribution in [0.4, 0.5) is 5.82 Å². The Bertz CT molecular complexity index is 1190. The summed E-state index contributed by atoms with van der Waals surface area (Å²) in [6.45, 7) is 0. The molecule has 0 amide bonds. The van der Waals surface area contributed by atoms with Crippen LogP contribution in [0.5, 0.6) is 11.5 Å². The first-order valence-electron chi connectivity index (χ1n) is 10.5. The number of aliphatic hydroxyl groups excluding tert-OH is 1. The lowest BCUT2D eigenvalue weighted by molar-refractivity contribution is 0.122. The van der Waals surface area contributed by atoms with Gasteiger partial charge in [-0.1, -0.05) is 0 Å². The Labute approximate surface area is 184 Å². The molecule has 0 saturated heterocycles. The Hall–Kier alpha value is -2.84. The SMILES string of the molecule is COc1cc2cc(-c3cnc4ccc(N(C)C5CCC(O)CC5)nn34)sc2cc1OC. The van der Waals surface area contributed by atoms with E-state index in [-0.39, 0.29) is 6.10 Å². The highest BCUT2D eigenvalue weighted by molar-refractivity contribution is 7.22. The van der Waals surface area contributed by atoms with Gasteiger partial charge in [-0.15, -0.1) is 16.4 Å². The average molecular weight is 439 g/mol. The van der Waals surface area contributed by atoms with Gasteiger partial charge in [-0.3, -0.25) is 0 Å². The molecule has 5 rings (SSSR count). The van der Waals surface area contributed by atoms with Crippen LogP contribution in [-0.4, -0.2) is 53.1 Å². The van der Waals surface area contributed by atoms with Gasteiger partial charge in [0, 0.05) is 23.9 Å². The summed E-state index contributed by atoms with van der Waals surface area (Å²) in [6, 6.07) is 10.6. The second kappa shape index (κ2) is 8.01. The minimum absolute atomic E-state index is 0.162. The third-order valence-electron chi connectivity index (χ3n) is 6.20. The number of anilines is 1. The first-order chi connectivity index (χ1) is 15.1. The van der Waals surface area contributed by atoms with E-state index in [9.17, 15) is 5.11 Å². The van der Waals surface area contributed by atoms with E-state index in [1.165, 1.54) is 0 Å². The zero-order valence-electron chi connectivity index (χ0n) is 17.9. The minimum atomic E-state index is -0.162. The molecule has 1 saturated carbocycles. The smallest absolute Gasteiger partial charge is 0.162 e. The van der Waals surface area contributed by atoms with Crippen LogP contribution >= 0.6 is 11.3 Å². The highest BCUT2D eigenvalue weighted by Crippen LogP contribution is 2.40. The van der Waals surface area contributed by atoms with Crippen LogP contribution in [0.3, 0.4) is 0 Å². The zero-order valence-corrected chi connectivity index (χ0v) is 18.7. The first-order valence-corrected chi connectivity index (χ1v) is 11.3. The van der Waals surface area contributed by atoms with Crippen molar-refractivity contribution in [1.29, 1.82) is 0 Å². The molecule has 0 atom stereocenters. The number of thiophene rings is 1. The third kappa shape index (κ3) is 3.59. The molecule has 31 heavy (non-hydrogen) atoms. The second-order valence-electron chi connectivity index (χ2n) is 8.03. The van der Waals surface area contributed by atoms with Crippen molar-refractivity contribution < 1.29 is 14.6 Å². The van der Waals surface area contributed by atoms with Gasteiger partial charge in [0.05, 0.1) is 31.4 Å². The number of rotatable bonds is 5. The van der Waals surface area contributed by atoms with Crippen molar-refractivity contribution in [2.45, 2.75) is 37.8 Å². The fourth-order valence-electron chi connectivity index (χ4n) is 4.34. The Morgan fingerprint density at radius 3 is 2.55 bits per heavy atom. The molecule has 8 heteroatoms. The lowest BCUT2D eigenvalue weighted by atomic mass is 9.92. The van der Waals surface area contributed by atoms with Crippen molar-refractivity contribution in [2.24, 2.45) is 0 Å². The van der Waals surface area contributed by atoms with E-state index in [4.69, 9.17) is 14.6 Å². The van der Waals surface area contributed by atoms with E-state index in [2.05, 4.69) is 23.0 Å². The van der Waals surface area contributed by atoms with E-state index in [1.807, 2.05) is 35.0 Å². The number of hydrogen-bond donors (Lipinski definition) is 1. The van der Waals surface area contributed by atoms with Crippen LogP contribution in [-0.2, 0) is 0 Å². The molecule has 1 aliphatic rings. The van der Waals surface area contributed by atoms with Crippen molar-refractivity contribution in [2.75, 3.05) is 26.2 Å². The molecule has 1 fully saturated rings. The van der Waals surface area contributed by atoms with Crippen LogP contribution in [0.2, 0.25) is 0 Å². The monoisotopic (exact) mass is 438 g/mol. The highest BCUT2D eigenvalue weighted by Gasteiger charge is 2.24. The van der Waals surface area contributed by atoms with Crippen LogP contribution in [0.15, 0.2) is 36.5 Å². The fraction of sp³-hybridized carbons (Fsp3) is 0.391. The van der Waals surface area contributed by atoms with Gasteiger partial charge in [0.15, 0.2) is 17.1 Å². The predicted molar refractivity (Wildman–Crippen MR) is 124 cm³/mol. The molecule has 3 aromatic heterocycles. The molecule has 3 heterocycles. The van der Waals surface area contributed by atoms with Gasteiger partial charge in [-0.2, -0.15) is 0 Å². The standard InChI is InChI=1S/C23H26N4O3S/c1-26(15-4-6-16(28)7-5-15)23-9-8-22-24-13-17(27(22)25-23)21-11-14-10-18(29-2)19(30-3)12-20(14)31-21/h8-13,15-16,28H,4-7H2,1-3H3. The molecule has 0 bridgehead atoms. The first kappa shape index (κ1) is 20.1. The molecule has 0 unspecified atom stereocenters. The zero-order chi connectivity index (χ0) is 21.5. The molecule has 1 aliphatic carbocycles. The molecule has 0 radical (unpaired) electrons. The van der Waals surface area contributed by atoms with Crippen LogP contribution in [0.1, 0.15) is 25.7 Å². The maximum absolute atomic E-state index is 9.82. The summed E-state index contributed by atoms with van der Waals surface area (Å²) in [6.07, 6.45) is 5.38. The van der Waals surface area contributed by atoms with Crippen molar-refractivity contribution >= 4 is 32.9 Å². The molecular formula is C23H26N4O3S. The van der Waals surface area contributed by atoms with Gasteiger partial charge in [-0.05, 0) is 55.3 Å². The Balaban J connectivity index is 1.52. The van der Waals surface area contributed by atoms with Crippen LogP contribution < -0.4 is 14.4 Å². The van der Waals surface area contributed by atoms with Gasteiger partial charge in [0.2, 0.25) is 0 Å². The lowest BCUT2D eigenvalue weighted by Gasteiger charge is -2.33. The summed E-state index contributed by atoms with van der Waals surface area (Å²) >= 11 is 1.68. The fourth-order valence-corrected chi connectivity index (χ4v) is 5.41. The number of imidazole rings is 1. The number of aromatic nitrogens is 3. The molecule has 162 valence electrons. The van der Waals surface area contributed by atoms with E-state index in [0.717, 1.165) is 69.3 Å². The number of ether oxygens (including phenoxy) is 2. The largest absolute Gasteiger partial charge is 0.493 e. The average Bonchev–Trinajstić information content (AvgIpc) is 3.40. The van der Waals surface area contributed by atoms with Crippen LogP contribution in [0.25, 0.3) is 26.3 Å². The Morgan fingerprint density at radius 1 is 1.06 bits per heavy atom. The number of hydrogen-bond acceptors (Lipinski definition) is 7. The summed E-state index contributed by atoms with van der Waals surface area (Å²) in [5, 5.41) is 15.8. The minimum Gasteiger partial charge on any atom is -0.493 e. The van der Waals surface area contributed by atoms with Crippen molar-refractivity contribution in [1.82, 2.24) is 14.6 Å². The number of methoxy groups -OCH3 is 2. The normalized spacial score (nSPS) is 19.1. The second-order valence-corrected chi connectivity index (χ2v) is 9.12. The molecular weight excluding hydrogens is 412 g/mol.